The largest absolute Gasteiger partial charge is 0.399 e. The minimum absolute atomic E-state index is 0.0416. The molecule has 0 aliphatic heterocycles. The van der Waals surface area contributed by atoms with Crippen molar-refractivity contribution in [1.29, 1.82) is 0 Å². The van der Waals surface area contributed by atoms with Gasteiger partial charge in [0.2, 0.25) is 0 Å². The molecule has 1 atom stereocenters. The summed E-state index contributed by atoms with van der Waals surface area (Å²) in [4.78, 5) is 12.1. The van der Waals surface area contributed by atoms with E-state index in [4.69, 9.17) is 10.8 Å². The van der Waals surface area contributed by atoms with Crippen molar-refractivity contribution >= 4 is 11.6 Å². The first-order valence-corrected chi connectivity index (χ1v) is 6.97. The smallest absolute Gasteiger partial charge is 0.272 e. The molecular formula is C15H20N4O2. The molecule has 1 unspecified atom stereocenters. The fourth-order valence-electron chi connectivity index (χ4n) is 2.05. The lowest BCUT2D eigenvalue weighted by Gasteiger charge is -2.14. The van der Waals surface area contributed by atoms with E-state index in [1.165, 1.54) is 0 Å². The zero-order chi connectivity index (χ0) is 15.2. The van der Waals surface area contributed by atoms with E-state index >= 15 is 0 Å². The third-order valence-electron chi connectivity index (χ3n) is 3.26. The lowest BCUT2D eigenvalue weighted by molar-refractivity contribution is 0.0923. The SMILES string of the molecule is CCC(CCO)NC(=O)c1ccn(-c2cccc(N)c2)n1. The number of benzene rings is 1. The number of nitrogens with zero attached hydrogens (tertiary/aromatic N) is 2. The van der Waals surface area contributed by atoms with Crippen LogP contribution in [0.3, 0.4) is 0 Å². The molecule has 0 aliphatic carbocycles. The van der Waals surface area contributed by atoms with Gasteiger partial charge in [-0.2, -0.15) is 5.10 Å². The van der Waals surface area contributed by atoms with Gasteiger partial charge in [-0.1, -0.05) is 13.0 Å². The minimum atomic E-state index is -0.238. The van der Waals surface area contributed by atoms with Crippen LogP contribution in [-0.2, 0) is 0 Å². The summed E-state index contributed by atoms with van der Waals surface area (Å²) in [6.45, 7) is 2.02. The van der Waals surface area contributed by atoms with Crippen LogP contribution in [0.25, 0.3) is 5.69 Å². The van der Waals surface area contributed by atoms with Crippen LogP contribution in [0.4, 0.5) is 5.69 Å². The third-order valence-corrected chi connectivity index (χ3v) is 3.26. The summed E-state index contributed by atoms with van der Waals surface area (Å²) in [6.07, 6.45) is 3.02. The summed E-state index contributed by atoms with van der Waals surface area (Å²) in [5, 5.41) is 16.1. The average Bonchev–Trinajstić information content (AvgIpc) is 2.96. The number of amides is 1. The van der Waals surface area contributed by atoms with Crippen molar-refractivity contribution in [3.8, 4) is 5.69 Å². The van der Waals surface area contributed by atoms with Crippen molar-refractivity contribution in [3.05, 3.63) is 42.2 Å². The Balaban J connectivity index is 2.10. The highest BCUT2D eigenvalue weighted by molar-refractivity contribution is 5.92. The molecule has 1 heterocycles. The normalized spacial score (nSPS) is 12.1. The van der Waals surface area contributed by atoms with Crippen LogP contribution >= 0.6 is 0 Å². The molecule has 2 rings (SSSR count). The summed E-state index contributed by atoms with van der Waals surface area (Å²) >= 11 is 0. The monoisotopic (exact) mass is 288 g/mol. The van der Waals surface area contributed by atoms with Crippen molar-refractivity contribution in [2.75, 3.05) is 12.3 Å². The van der Waals surface area contributed by atoms with Crippen LogP contribution in [0, 0.1) is 0 Å². The predicted octanol–water partition coefficient (Wildman–Crippen LogP) is 1.35. The number of nitrogen functional groups attached to an aromatic ring is 1. The number of anilines is 1. The standard InChI is InChI=1S/C15H20N4O2/c1-2-12(7-9-20)17-15(21)14-6-8-19(18-14)13-5-3-4-11(16)10-13/h3-6,8,10,12,20H,2,7,9,16H2,1H3,(H,17,21). The van der Waals surface area contributed by atoms with E-state index < -0.39 is 0 Å². The predicted molar refractivity (Wildman–Crippen MR) is 81.2 cm³/mol. The Kier molecular flexibility index (Phi) is 4.94. The molecule has 1 amide bonds. The lowest BCUT2D eigenvalue weighted by atomic mass is 10.1. The van der Waals surface area contributed by atoms with E-state index in [1.54, 1.807) is 29.1 Å². The number of hydrogen-bond acceptors (Lipinski definition) is 4. The Bertz CT molecular complexity index is 609. The number of aromatic nitrogens is 2. The van der Waals surface area contributed by atoms with Gasteiger partial charge in [-0.15, -0.1) is 0 Å². The maximum atomic E-state index is 12.1. The number of nitrogens with two attached hydrogens (primary N) is 1. The molecular weight excluding hydrogens is 268 g/mol. The van der Waals surface area contributed by atoms with Gasteiger partial charge in [0, 0.05) is 24.5 Å². The van der Waals surface area contributed by atoms with Crippen LogP contribution in [-0.4, -0.2) is 33.4 Å². The zero-order valence-electron chi connectivity index (χ0n) is 12.0. The zero-order valence-corrected chi connectivity index (χ0v) is 12.0. The molecule has 0 saturated carbocycles. The van der Waals surface area contributed by atoms with Gasteiger partial charge in [0.1, 0.15) is 0 Å². The summed E-state index contributed by atoms with van der Waals surface area (Å²) < 4.78 is 1.61. The number of carbonyl (C=O) groups is 1. The Labute approximate surface area is 123 Å². The van der Waals surface area contributed by atoms with Crippen molar-refractivity contribution in [1.82, 2.24) is 15.1 Å². The third kappa shape index (κ3) is 3.82. The summed E-state index contributed by atoms with van der Waals surface area (Å²) in [5.74, 6) is -0.238. The number of rotatable bonds is 6. The quantitative estimate of drug-likeness (QED) is 0.699. The number of nitrogens with one attached hydrogen (secondary N) is 1. The van der Waals surface area contributed by atoms with Crippen LogP contribution in [0.2, 0.25) is 0 Å². The number of aliphatic hydroxyl groups is 1. The first-order chi connectivity index (χ1) is 10.1. The van der Waals surface area contributed by atoms with Gasteiger partial charge >= 0.3 is 0 Å². The molecule has 0 aliphatic rings. The first kappa shape index (κ1) is 15.1. The topological polar surface area (TPSA) is 93.2 Å². The second kappa shape index (κ2) is 6.90. The van der Waals surface area contributed by atoms with Crippen LogP contribution in [0.5, 0.6) is 0 Å². The van der Waals surface area contributed by atoms with E-state index in [0.717, 1.165) is 12.1 Å². The highest BCUT2D eigenvalue weighted by Gasteiger charge is 2.14. The Morgan fingerprint density at radius 1 is 1.48 bits per heavy atom. The van der Waals surface area contributed by atoms with Gasteiger partial charge < -0.3 is 16.2 Å². The molecule has 1 aromatic carbocycles. The summed E-state index contributed by atoms with van der Waals surface area (Å²) in [7, 11) is 0. The van der Waals surface area contributed by atoms with E-state index in [2.05, 4.69) is 10.4 Å². The second-order valence-electron chi connectivity index (χ2n) is 4.83. The number of carbonyl (C=O) groups excluding carboxylic acids is 1. The maximum absolute atomic E-state index is 12.1. The molecule has 0 spiro atoms. The van der Waals surface area contributed by atoms with Crippen molar-refractivity contribution < 1.29 is 9.90 Å². The van der Waals surface area contributed by atoms with Crippen LogP contribution in [0.1, 0.15) is 30.3 Å². The van der Waals surface area contributed by atoms with E-state index in [1.807, 2.05) is 19.1 Å². The van der Waals surface area contributed by atoms with Gasteiger partial charge in [-0.3, -0.25) is 4.79 Å². The van der Waals surface area contributed by atoms with Crippen molar-refractivity contribution in [3.63, 3.8) is 0 Å². The number of hydrogen-bond donors (Lipinski definition) is 3. The van der Waals surface area contributed by atoms with Gasteiger partial charge in [-0.05, 0) is 37.1 Å². The fraction of sp³-hybridized carbons (Fsp3) is 0.333. The molecule has 2 aromatic rings. The van der Waals surface area contributed by atoms with Crippen molar-refractivity contribution in [2.45, 2.75) is 25.8 Å². The van der Waals surface area contributed by atoms with Gasteiger partial charge in [-0.25, -0.2) is 4.68 Å². The number of aliphatic hydroxyl groups excluding tert-OH is 1. The molecule has 0 saturated heterocycles. The molecule has 6 heteroatoms. The summed E-state index contributed by atoms with van der Waals surface area (Å²) in [5.41, 5.74) is 7.52. The van der Waals surface area contributed by atoms with E-state index in [0.29, 0.717) is 17.8 Å². The van der Waals surface area contributed by atoms with Gasteiger partial charge in [0.15, 0.2) is 5.69 Å². The molecule has 0 fully saturated rings. The minimum Gasteiger partial charge on any atom is -0.399 e. The average molecular weight is 288 g/mol. The van der Waals surface area contributed by atoms with Crippen LogP contribution in [0.15, 0.2) is 36.5 Å². The first-order valence-electron chi connectivity index (χ1n) is 6.97. The van der Waals surface area contributed by atoms with E-state index in [-0.39, 0.29) is 18.6 Å². The maximum Gasteiger partial charge on any atom is 0.272 e. The fourth-order valence-corrected chi connectivity index (χ4v) is 2.05. The second-order valence-corrected chi connectivity index (χ2v) is 4.83. The Hall–Kier alpha value is -2.34. The highest BCUT2D eigenvalue weighted by atomic mass is 16.3. The van der Waals surface area contributed by atoms with E-state index in [9.17, 15) is 4.79 Å². The van der Waals surface area contributed by atoms with Gasteiger partial charge in [0.05, 0.1) is 5.69 Å². The molecule has 0 bridgehead atoms. The van der Waals surface area contributed by atoms with Crippen molar-refractivity contribution in [2.24, 2.45) is 0 Å². The van der Waals surface area contributed by atoms with Gasteiger partial charge in [0.25, 0.3) is 5.91 Å². The Morgan fingerprint density at radius 3 is 2.95 bits per heavy atom. The molecule has 4 N–H and O–H groups in total. The molecule has 21 heavy (non-hydrogen) atoms. The molecule has 112 valence electrons. The molecule has 6 nitrogen and oxygen atoms in total. The molecule has 0 radical (unpaired) electrons. The van der Waals surface area contributed by atoms with Crippen LogP contribution < -0.4 is 11.1 Å². The highest BCUT2D eigenvalue weighted by Crippen LogP contribution is 2.12. The lowest BCUT2D eigenvalue weighted by Crippen LogP contribution is -2.35. The molecule has 1 aromatic heterocycles. The summed E-state index contributed by atoms with van der Waals surface area (Å²) in [6, 6.07) is 8.90. The Morgan fingerprint density at radius 2 is 2.29 bits per heavy atom.